The zero-order valence-electron chi connectivity index (χ0n) is 21.7. The molecule has 1 radical (unpaired) electrons. The van der Waals surface area contributed by atoms with Crippen molar-refractivity contribution in [3.05, 3.63) is 109 Å². The Labute approximate surface area is 243 Å². The summed E-state index contributed by atoms with van der Waals surface area (Å²) in [5, 5.41) is 15.7. The van der Waals surface area contributed by atoms with Crippen molar-refractivity contribution in [2.45, 2.75) is 13.8 Å². The van der Waals surface area contributed by atoms with Gasteiger partial charge in [0.05, 0.1) is 22.2 Å². The molecule has 0 bridgehead atoms. The second kappa shape index (κ2) is 9.91. The van der Waals surface area contributed by atoms with Crippen molar-refractivity contribution in [1.82, 2.24) is 9.38 Å². The molecule has 0 saturated carbocycles. The number of ketones is 1. The Balaban J connectivity index is 0.000000325. The summed E-state index contributed by atoms with van der Waals surface area (Å²) in [5.74, 6) is -0.0625. The molecule has 0 aliphatic heterocycles. The van der Waals surface area contributed by atoms with Gasteiger partial charge in [0, 0.05) is 48.5 Å². The number of carbonyl (C=O) groups excluding carboxylic acids is 1. The number of aromatic nitrogens is 2. The number of carbonyl (C=O) groups is 1. The van der Waals surface area contributed by atoms with E-state index < -0.39 is 0 Å². The number of aliphatic hydroxyl groups is 1. The van der Waals surface area contributed by atoms with Crippen molar-refractivity contribution < 1.29 is 34.4 Å². The van der Waals surface area contributed by atoms with Crippen molar-refractivity contribution in [2.24, 2.45) is 0 Å². The van der Waals surface area contributed by atoms with Crippen molar-refractivity contribution in [1.29, 1.82) is 0 Å². The minimum atomic E-state index is -0.125. The first-order valence-corrected chi connectivity index (χ1v) is 12.7. The van der Waals surface area contributed by atoms with E-state index >= 15 is 0 Å². The summed E-state index contributed by atoms with van der Waals surface area (Å²) < 4.78 is 8.61. The molecule has 0 aliphatic carbocycles. The molecule has 8 rings (SSSR count). The minimum Gasteiger partial charge on any atom is -0.512 e. The number of pyridine rings is 1. The zero-order valence-corrected chi connectivity index (χ0v) is 24.1. The first kappa shape index (κ1) is 25.8. The molecule has 0 saturated heterocycles. The first-order valence-electron chi connectivity index (χ1n) is 12.7. The predicted molar refractivity (Wildman–Crippen MR) is 158 cm³/mol. The largest absolute Gasteiger partial charge is 0.512 e. The minimum absolute atomic E-state index is 0. The molecule has 0 fully saturated rings. The molecule has 40 heavy (non-hydrogen) atoms. The quantitative estimate of drug-likeness (QED) is 0.112. The average Bonchev–Trinajstić information content (AvgIpc) is 3.59. The van der Waals surface area contributed by atoms with Crippen LogP contribution < -0.4 is 0 Å². The summed E-state index contributed by atoms with van der Waals surface area (Å²) >= 11 is 0. The van der Waals surface area contributed by atoms with E-state index in [-0.39, 0.29) is 31.6 Å². The molecule has 0 atom stereocenters. The fraction of sp³-hybridized carbons (Fsp3) is 0.0588. The Morgan fingerprint density at radius 2 is 1.57 bits per heavy atom. The molecular formula is C34H23IrN2O3-. The molecule has 5 nitrogen and oxygen atoms in total. The topological polar surface area (TPSA) is 67.7 Å². The molecule has 8 aromatic rings. The SMILES string of the molecule is CC(=O)/C=C(/C)O.[Ir].[c-]1cc2c(cc1-c1ccccn1)c1cccc3c4ccc5oc6ccccc6c5c4n2c13. The maximum Gasteiger partial charge on any atom is 0.155 e. The van der Waals surface area contributed by atoms with Gasteiger partial charge in [0.2, 0.25) is 0 Å². The number of aliphatic hydroxyl groups excluding tert-OH is 1. The summed E-state index contributed by atoms with van der Waals surface area (Å²) in [5.41, 5.74) is 7.39. The third-order valence-electron chi connectivity index (χ3n) is 7.10. The van der Waals surface area contributed by atoms with Crippen molar-refractivity contribution in [3.63, 3.8) is 0 Å². The molecule has 4 heterocycles. The third-order valence-corrected chi connectivity index (χ3v) is 7.10. The Morgan fingerprint density at radius 1 is 0.850 bits per heavy atom. The molecular weight excluding hydrogens is 677 g/mol. The fourth-order valence-corrected chi connectivity index (χ4v) is 5.67. The van der Waals surface area contributed by atoms with Gasteiger partial charge in [0.25, 0.3) is 0 Å². The number of furan rings is 1. The van der Waals surface area contributed by atoms with Gasteiger partial charge in [-0.05, 0) is 54.7 Å². The summed E-state index contributed by atoms with van der Waals surface area (Å²) in [7, 11) is 0. The number of benzene rings is 4. The maximum atomic E-state index is 10.0. The van der Waals surface area contributed by atoms with E-state index in [9.17, 15) is 4.79 Å². The van der Waals surface area contributed by atoms with Crippen LogP contribution >= 0.6 is 0 Å². The Morgan fingerprint density at radius 3 is 2.30 bits per heavy atom. The van der Waals surface area contributed by atoms with Gasteiger partial charge in [-0.3, -0.25) is 4.79 Å². The molecule has 4 aromatic carbocycles. The molecule has 6 heteroatoms. The van der Waals surface area contributed by atoms with E-state index in [1.54, 1.807) is 0 Å². The zero-order chi connectivity index (χ0) is 26.7. The van der Waals surface area contributed by atoms with E-state index in [1.807, 2.05) is 36.5 Å². The van der Waals surface area contributed by atoms with Gasteiger partial charge < -0.3 is 18.9 Å². The summed E-state index contributed by atoms with van der Waals surface area (Å²) in [4.78, 5) is 14.5. The van der Waals surface area contributed by atoms with E-state index in [0.29, 0.717) is 0 Å². The second-order valence-corrected chi connectivity index (χ2v) is 9.73. The van der Waals surface area contributed by atoms with Crippen LogP contribution in [-0.2, 0) is 24.9 Å². The number of fused-ring (bicyclic) bond motifs is 10. The van der Waals surface area contributed by atoms with Crippen molar-refractivity contribution in [2.75, 3.05) is 0 Å². The standard InChI is InChI=1S/C29H15N2O.C5H8O2.Ir/c1-2-10-25-21(6-1)27-26(32-25)14-12-20-18-7-5-8-19-22-16-17(23-9-3-4-15-30-23)11-13-24(22)31(28(18)19)29(20)27;1-4(6)3-5(2)7;/h1-10,12-16H;3,6H,1-2H3;/q-1;;/b;4-3-;. The summed E-state index contributed by atoms with van der Waals surface area (Å²) in [6, 6.07) is 33.0. The number of hydrogen-bond acceptors (Lipinski definition) is 4. The first-order chi connectivity index (χ1) is 19.0. The summed E-state index contributed by atoms with van der Waals surface area (Å²) in [6.07, 6.45) is 2.99. The molecule has 1 N–H and O–H groups in total. The smallest absolute Gasteiger partial charge is 0.155 e. The van der Waals surface area contributed by atoms with Gasteiger partial charge in [0.1, 0.15) is 11.2 Å². The molecule has 0 unspecified atom stereocenters. The normalized spacial score (nSPS) is 11.9. The van der Waals surface area contributed by atoms with Crippen LogP contribution in [0, 0.1) is 6.07 Å². The van der Waals surface area contributed by atoms with E-state index in [4.69, 9.17) is 9.52 Å². The van der Waals surface area contributed by atoms with Crippen LogP contribution in [0.15, 0.2) is 107 Å². The number of hydrogen-bond donors (Lipinski definition) is 1. The third kappa shape index (κ3) is 3.96. The van der Waals surface area contributed by atoms with Gasteiger partial charge in [-0.2, -0.15) is 0 Å². The van der Waals surface area contributed by atoms with E-state index in [1.165, 1.54) is 57.9 Å². The van der Waals surface area contributed by atoms with Crippen LogP contribution in [0.25, 0.3) is 71.3 Å². The van der Waals surface area contributed by atoms with Crippen LogP contribution in [0.2, 0.25) is 0 Å². The van der Waals surface area contributed by atoms with E-state index in [2.05, 4.69) is 70.0 Å². The Hall–Kier alpha value is -4.51. The van der Waals surface area contributed by atoms with Gasteiger partial charge in [-0.15, -0.1) is 23.8 Å². The fourth-order valence-electron chi connectivity index (χ4n) is 5.67. The number of nitrogens with zero attached hydrogens (tertiary/aromatic N) is 2. The van der Waals surface area contributed by atoms with Crippen molar-refractivity contribution in [3.8, 4) is 11.3 Å². The maximum absolute atomic E-state index is 10.0. The molecule has 0 spiro atoms. The molecule has 4 aromatic heterocycles. The number of allylic oxidation sites excluding steroid dienone is 2. The van der Waals surface area contributed by atoms with E-state index in [0.717, 1.165) is 33.3 Å². The van der Waals surface area contributed by atoms with Crippen LogP contribution in [0.1, 0.15) is 13.8 Å². The molecule has 0 amide bonds. The summed E-state index contributed by atoms with van der Waals surface area (Å²) in [6.45, 7) is 2.85. The Bertz CT molecular complexity index is 2220. The van der Waals surface area contributed by atoms with Gasteiger partial charge >= 0.3 is 0 Å². The average molecular weight is 700 g/mol. The second-order valence-electron chi connectivity index (χ2n) is 9.73. The van der Waals surface area contributed by atoms with Gasteiger partial charge in [-0.1, -0.05) is 53.9 Å². The Kier molecular flexibility index (Phi) is 6.38. The van der Waals surface area contributed by atoms with Crippen LogP contribution in [-0.4, -0.2) is 20.3 Å². The monoisotopic (exact) mass is 700 g/mol. The number of rotatable bonds is 2. The van der Waals surface area contributed by atoms with Gasteiger partial charge in [-0.25, -0.2) is 0 Å². The predicted octanol–water partition coefficient (Wildman–Crippen LogP) is 8.63. The molecule has 197 valence electrons. The van der Waals surface area contributed by atoms with Crippen LogP contribution in [0.5, 0.6) is 0 Å². The van der Waals surface area contributed by atoms with Gasteiger partial charge in [0.15, 0.2) is 5.78 Å². The van der Waals surface area contributed by atoms with Crippen molar-refractivity contribution >= 4 is 65.8 Å². The molecule has 0 aliphatic rings. The van der Waals surface area contributed by atoms with Crippen LogP contribution in [0.3, 0.4) is 0 Å². The van der Waals surface area contributed by atoms with Crippen LogP contribution in [0.4, 0.5) is 0 Å². The number of para-hydroxylation sites is 2.